The maximum absolute atomic E-state index is 14.0. The van der Waals surface area contributed by atoms with E-state index in [-0.39, 0.29) is 30.5 Å². The molecule has 1 atom stereocenters. The number of rotatable bonds is 10. The zero-order valence-corrected chi connectivity index (χ0v) is 22.0. The van der Waals surface area contributed by atoms with Crippen LogP contribution in [0.4, 0.5) is 15.2 Å². The molecule has 0 saturated carbocycles. The van der Waals surface area contributed by atoms with Crippen molar-refractivity contribution in [2.75, 3.05) is 17.2 Å². The van der Waals surface area contributed by atoms with E-state index in [1.165, 1.54) is 41.3 Å². The minimum atomic E-state index is -0.633. The number of hydrogen-bond donors (Lipinski definition) is 2. The highest BCUT2D eigenvalue weighted by Gasteiger charge is 2.24. The third-order valence-corrected chi connectivity index (χ3v) is 7.27. The number of carbonyl (C=O) groups excluding carboxylic acids is 3. The second-order valence-corrected chi connectivity index (χ2v) is 10.0. The number of halogens is 1. The zero-order chi connectivity index (χ0) is 26.9. The number of thiazole rings is 1. The SMILES string of the molecule is CCOC(=O)Cc1csc(NC(=O)C(Sc2cccc(NC(=O)c3ccccc3F)c2)c2ccccc2)n1. The molecule has 4 rings (SSSR count). The number of nitrogens with zero attached hydrogens (tertiary/aromatic N) is 1. The molecule has 38 heavy (non-hydrogen) atoms. The lowest BCUT2D eigenvalue weighted by atomic mass is 10.1. The first-order valence-electron chi connectivity index (χ1n) is 11.7. The summed E-state index contributed by atoms with van der Waals surface area (Å²) in [5.41, 5.74) is 1.71. The van der Waals surface area contributed by atoms with Gasteiger partial charge in [0.1, 0.15) is 11.1 Å². The fourth-order valence-corrected chi connectivity index (χ4v) is 5.30. The second-order valence-electron chi connectivity index (χ2n) is 7.99. The molecule has 1 aromatic heterocycles. The molecule has 1 unspecified atom stereocenters. The van der Waals surface area contributed by atoms with Gasteiger partial charge < -0.3 is 15.4 Å². The lowest BCUT2D eigenvalue weighted by Gasteiger charge is -2.17. The molecule has 0 aliphatic carbocycles. The van der Waals surface area contributed by atoms with Crippen molar-refractivity contribution in [3.63, 3.8) is 0 Å². The van der Waals surface area contributed by atoms with Crippen LogP contribution >= 0.6 is 23.1 Å². The van der Waals surface area contributed by atoms with Crippen molar-refractivity contribution in [1.82, 2.24) is 4.98 Å². The highest BCUT2D eigenvalue weighted by atomic mass is 32.2. The summed E-state index contributed by atoms with van der Waals surface area (Å²) in [6.45, 7) is 2.02. The van der Waals surface area contributed by atoms with Crippen LogP contribution < -0.4 is 10.6 Å². The highest BCUT2D eigenvalue weighted by molar-refractivity contribution is 8.00. The molecule has 10 heteroatoms. The van der Waals surface area contributed by atoms with Gasteiger partial charge in [-0.05, 0) is 42.8 Å². The van der Waals surface area contributed by atoms with Crippen LogP contribution in [0.3, 0.4) is 0 Å². The summed E-state index contributed by atoms with van der Waals surface area (Å²) in [5, 5.41) is 7.01. The third-order valence-electron chi connectivity index (χ3n) is 5.22. The Labute approximate surface area is 227 Å². The lowest BCUT2D eigenvalue weighted by molar-refractivity contribution is -0.142. The maximum atomic E-state index is 14.0. The molecule has 0 radical (unpaired) electrons. The number of thioether (sulfide) groups is 1. The van der Waals surface area contributed by atoms with Gasteiger partial charge in [-0.2, -0.15) is 0 Å². The van der Waals surface area contributed by atoms with Gasteiger partial charge >= 0.3 is 5.97 Å². The zero-order valence-electron chi connectivity index (χ0n) is 20.3. The van der Waals surface area contributed by atoms with Crippen LogP contribution in [0.15, 0.2) is 89.1 Å². The van der Waals surface area contributed by atoms with Crippen LogP contribution in [0.2, 0.25) is 0 Å². The molecule has 0 fully saturated rings. The number of benzene rings is 3. The topological polar surface area (TPSA) is 97.4 Å². The molecule has 0 saturated heterocycles. The van der Waals surface area contributed by atoms with Gasteiger partial charge in [0.05, 0.1) is 24.3 Å². The summed E-state index contributed by atoms with van der Waals surface area (Å²) < 4.78 is 19.0. The summed E-state index contributed by atoms with van der Waals surface area (Å²) >= 11 is 2.53. The average molecular weight is 550 g/mol. The highest BCUT2D eigenvalue weighted by Crippen LogP contribution is 2.37. The molecular weight excluding hydrogens is 525 g/mol. The predicted octanol–water partition coefficient (Wildman–Crippen LogP) is 6.11. The summed E-state index contributed by atoms with van der Waals surface area (Å²) in [6, 6.07) is 22.0. The van der Waals surface area contributed by atoms with E-state index in [1.54, 1.807) is 36.6 Å². The Hall–Kier alpha value is -4.02. The Balaban J connectivity index is 1.49. The average Bonchev–Trinajstić information content (AvgIpc) is 3.34. The quantitative estimate of drug-likeness (QED) is 0.183. The van der Waals surface area contributed by atoms with E-state index in [2.05, 4.69) is 15.6 Å². The van der Waals surface area contributed by atoms with Crippen molar-refractivity contribution in [3.05, 3.63) is 107 Å². The number of aromatic nitrogens is 1. The number of nitrogens with one attached hydrogen (secondary N) is 2. The first-order chi connectivity index (χ1) is 18.4. The van der Waals surface area contributed by atoms with Gasteiger partial charge in [-0.15, -0.1) is 23.1 Å². The van der Waals surface area contributed by atoms with E-state index in [1.807, 2.05) is 36.4 Å². The van der Waals surface area contributed by atoms with Crippen molar-refractivity contribution in [2.45, 2.75) is 23.5 Å². The summed E-state index contributed by atoms with van der Waals surface area (Å²) in [6.07, 6.45) is 0.0302. The standard InChI is InChI=1S/C28H24FN3O4S2/c1-2-36-24(33)16-20-17-37-28(31-20)32-27(35)25(18-9-4-3-5-10-18)38-21-12-8-11-19(15-21)30-26(34)22-13-6-7-14-23(22)29/h3-15,17,25H,2,16H2,1H3,(H,30,34)(H,31,32,35). The number of hydrogen-bond acceptors (Lipinski definition) is 7. The summed E-state index contributed by atoms with van der Waals surface area (Å²) in [4.78, 5) is 42.7. The van der Waals surface area contributed by atoms with Crippen LogP contribution in [0, 0.1) is 5.82 Å². The van der Waals surface area contributed by atoms with Gasteiger partial charge in [0.2, 0.25) is 5.91 Å². The minimum Gasteiger partial charge on any atom is -0.466 e. The first-order valence-corrected chi connectivity index (χ1v) is 13.5. The predicted molar refractivity (Wildman–Crippen MR) is 147 cm³/mol. The molecule has 0 bridgehead atoms. The number of ether oxygens (including phenoxy) is 1. The van der Waals surface area contributed by atoms with Gasteiger partial charge in [0.25, 0.3) is 5.91 Å². The van der Waals surface area contributed by atoms with Gasteiger partial charge in [0.15, 0.2) is 5.13 Å². The number of anilines is 2. The van der Waals surface area contributed by atoms with E-state index < -0.39 is 17.0 Å². The maximum Gasteiger partial charge on any atom is 0.311 e. The molecule has 194 valence electrons. The molecule has 7 nitrogen and oxygen atoms in total. The molecule has 4 aromatic rings. The molecule has 0 aliphatic rings. The van der Waals surface area contributed by atoms with Crippen LogP contribution in [0.5, 0.6) is 0 Å². The van der Waals surface area contributed by atoms with E-state index in [9.17, 15) is 18.8 Å². The Morgan fingerprint density at radius 1 is 1.00 bits per heavy atom. The molecule has 1 heterocycles. The number of esters is 1. The molecule has 2 amide bonds. The van der Waals surface area contributed by atoms with Crippen molar-refractivity contribution in [2.24, 2.45) is 0 Å². The van der Waals surface area contributed by atoms with Crippen LogP contribution in [-0.2, 0) is 20.7 Å². The Bertz CT molecular complexity index is 1430. The van der Waals surface area contributed by atoms with Crippen molar-refractivity contribution in [1.29, 1.82) is 0 Å². The van der Waals surface area contributed by atoms with E-state index in [0.717, 1.165) is 10.5 Å². The lowest BCUT2D eigenvalue weighted by Crippen LogP contribution is -2.19. The first kappa shape index (κ1) is 27.0. The van der Waals surface area contributed by atoms with E-state index in [4.69, 9.17) is 4.74 Å². The molecular formula is C28H24FN3O4S2. The third kappa shape index (κ3) is 7.27. The van der Waals surface area contributed by atoms with Gasteiger partial charge in [-0.3, -0.25) is 14.4 Å². The second kappa shape index (κ2) is 13.0. The normalized spacial score (nSPS) is 11.4. The summed E-state index contributed by atoms with van der Waals surface area (Å²) in [7, 11) is 0. The van der Waals surface area contributed by atoms with E-state index in [0.29, 0.717) is 16.5 Å². The van der Waals surface area contributed by atoms with Crippen LogP contribution in [0.1, 0.15) is 33.8 Å². The Morgan fingerprint density at radius 3 is 2.53 bits per heavy atom. The number of amides is 2. The van der Waals surface area contributed by atoms with Gasteiger partial charge in [0, 0.05) is 16.0 Å². The minimum absolute atomic E-state index is 0.0302. The fourth-order valence-electron chi connectivity index (χ4n) is 3.50. The number of carbonyl (C=O) groups is 3. The smallest absolute Gasteiger partial charge is 0.311 e. The Morgan fingerprint density at radius 2 is 1.76 bits per heavy atom. The summed E-state index contributed by atoms with van der Waals surface area (Å²) in [5.74, 6) is -1.84. The molecule has 2 N–H and O–H groups in total. The van der Waals surface area contributed by atoms with Crippen molar-refractivity contribution in [3.8, 4) is 0 Å². The fraction of sp³-hybridized carbons (Fsp3) is 0.143. The van der Waals surface area contributed by atoms with Crippen molar-refractivity contribution >= 4 is 51.7 Å². The Kier molecular flexibility index (Phi) is 9.23. The molecule has 0 aliphatic heterocycles. The van der Waals surface area contributed by atoms with Crippen LogP contribution in [-0.4, -0.2) is 29.4 Å². The van der Waals surface area contributed by atoms with Crippen molar-refractivity contribution < 1.29 is 23.5 Å². The largest absolute Gasteiger partial charge is 0.466 e. The molecule has 0 spiro atoms. The van der Waals surface area contributed by atoms with Crippen LogP contribution in [0.25, 0.3) is 0 Å². The van der Waals surface area contributed by atoms with E-state index >= 15 is 0 Å². The molecule has 3 aromatic carbocycles. The van der Waals surface area contributed by atoms with Gasteiger partial charge in [-0.1, -0.05) is 48.5 Å². The van der Waals surface area contributed by atoms with Gasteiger partial charge in [-0.25, -0.2) is 9.37 Å². The monoisotopic (exact) mass is 549 g/mol.